The Morgan fingerprint density at radius 3 is 2.70 bits per heavy atom. The van der Waals surface area contributed by atoms with Crippen molar-refractivity contribution in [2.45, 2.75) is 51.7 Å². The number of hydroxylamine groups is 3. The van der Waals surface area contributed by atoms with E-state index in [9.17, 15) is 10.0 Å². The van der Waals surface area contributed by atoms with Crippen LogP contribution in [0.1, 0.15) is 56.3 Å². The normalized spacial score (nSPS) is 16.1. The van der Waals surface area contributed by atoms with Gasteiger partial charge in [-0.3, -0.25) is 10.0 Å². The highest BCUT2D eigenvalue weighted by Gasteiger charge is 2.28. The number of hydrogen-bond acceptors (Lipinski definition) is 6. The molecule has 1 N–H and O–H groups in total. The van der Waals surface area contributed by atoms with E-state index in [0.717, 1.165) is 42.7 Å². The summed E-state index contributed by atoms with van der Waals surface area (Å²) in [4.78, 5) is 20.3. The summed E-state index contributed by atoms with van der Waals surface area (Å²) >= 11 is 1.54. The van der Waals surface area contributed by atoms with Crippen LogP contribution in [0.5, 0.6) is 5.75 Å². The van der Waals surface area contributed by atoms with Gasteiger partial charge in [0.1, 0.15) is 12.4 Å². The van der Waals surface area contributed by atoms with Gasteiger partial charge in [-0.05, 0) is 36.5 Å². The molecule has 1 saturated carbocycles. The molecule has 0 aliphatic heterocycles. The fraction of sp³-hybridized carbons (Fsp3) is 0.474. The highest BCUT2D eigenvalue weighted by molar-refractivity contribution is 7.07. The summed E-state index contributed by atoms with van der Waals surface area (Å²) in [5.74, 6) is 0.454. The van der Waals surface area contributed by atoms with Gasteiger partial charge in [0.2, 0.25) is 0 Å². The highest BCUT2D eigenvalue weighted by Crippen LogP contribution is 2.35. The van der Waals surface area contributed by atoms with Crippen molar-refractivity contribution < 1.29 is 19.7 Å². The van der Waals surface area contributed by atoms with E-state index in [0.29, 0.717) is 12.5 Å². The third-order valence-electron chi connectivity index (χ3n) is 4.70. The Bertz CT molecular complexity index is 702. The van der Waals surface area contributed by atoms with Crippen molar-refractivity contribution in [3.8, 4) is 5.75 Å². The Hall–Kier alpha value is -2.00. The number of aromatic nitrogens is 1. The molecule has 7 nitrogen and oxygen atoms in total. The Morgan fingerprint density at radius 2 is 2.07 bits per heavy atom. The van der Waals surface area contributed by atoms with Crippen LogP contribution in [0.4, 0.5) is 0 Å². The zero-order chi connectivity index (χ0) is 19.1. The summed E-state index contributed by atoms with van der Waals surface area (Å²) in [7, 11) is 0. The lowest BCUT2D eigenvalue weighted by Gasteiger charge is -2.29. The van der Waals surface area contributed by atoms with Gasteiger partial charge in [-0.2, -0.15) is 0 Å². The molecule has 0 spiro atoms. The van der Waals surface area contributed by atoms with Gasteiger partial charge in [-0.15, -0.1) is 16.3 Å². The Balaban J connectivity index is 1.65. The lowest BCUT2D eigenvalue weighted by molar-refractivity contribution is -0.351. The Labute approximate surface area is 162 Å². The predicted octanol–water partition coefficient (Wildman–Crippen LogP) is 4.03. The SMILES string of the molecule is CC(=O)N(O)O[N]C(c1ccc(OCc2cscn2)cc1)C1CCCCC1. The fourth-order valence-corrected chi connectivity index (χ4v) is 3.79. The maximum absolute atomic E-state index is 11.2. The van der Waals surface area contributed by atoms with Gasteiger partial charge in [-0.1, -0.05) is 42.1 Å². The minimum Gasteiger partial charge on any atom is -0.487 e. The van der Waals surface area contributed by atoms with Crippen LogP contribution in [0.3, 0.4) is 0 Å². The van der Waals surface area contributed by atoms with Crippen molar-refractivity contribution in [1.29, 1.82) is 0 Å². The average molecular weight is 390 g/mol. The van der Waals surface area contributed by atoms with Crippen LogP contribution in [0.15, 0.2) is 35.2 Å². The molecule has 1 aliphatic rings. The maximum Gasteiger partial charge on any atom is 0.272 e. The molecule has 3 rings (SSSR count). The van der Waals surface area contributed by atoms with Crippen molar-refractivity contribution in [3.63, 3.8) is 0 Å². The summed E-state index contributed by atoms with van der Waals surface area (Å²) in [5.41, 5.74) is 7.82. The van der Waals surface area contributed by atoms with Gasteiger partial charge in [-0.25, -0.2) is 4.98 Å². The lowest BCUT2D eigenvalue weighted by Crippen LogP contribution is -2.33. The smallest absolute Gasteiger partial charge is 0.272 e. The first-order valence-electron chi connectivity index (χ1n) is 9.10. The molecule has 1 unspecified atom stereocenters. The van der Waals surface area contributed by atoms with E-state index in [1.54, 1.807) is 16.8 Å². The number of carbonyl (C=O) groups excluding carboxylic acids is 1. The quantitative estimate of drug-likeness (QED) is 0.543. The van der Waals surface area contributed by atoms with Crippen molar-refractivity contribution in [2.75, 3.05) is 0 Å². The Kier molecular flexibility index (Phi) is 7.17. The molecule has 145 valence electrons. The van der Waals surface area contributed by atoms with Gasteiger partial charge in [0.15, 0.2) is 0 Å². The number of ether oxygens (including phenoxy) is 1. The molecule has 8 heteroatoms. The maximum atomic E-state index is 11.2. The minimum atomic E-state index is -0.619. The number of amides is 1. The molecule has 1 aromatic heterocycles. The van der Waals surface area contributed by atoms with Gasteiger partial charge < -0.3 is 4.74 Å². The van der Waals surface area contributed by atoms with Crippen LogP contribution in [0.2, 0.25) is 0 Å². The number of rotatable bonds is 8. The van der Waals surface area contributed by atoms with E-state index in [1.165, 1.54) is 13.3 Å². The topological polar surface area (TPSA) is 86.0 Å². The van der Waals surface area contributed by atoms with Gasteiger partial charge in [0, 0.05) is 12.3 Å². The number of carbonyl (C=O) groups is 1. The van der Waals surface area contributed by atoms with Crippen LogP contribution in [0, 0.1) is 5.92 Å². The van der Waals surface area contributed by atoms with Crippen molar-refractivity contribution in [2.24, 2.45) is 5.92 Å². The summed E-state index contributed by atoms with van der Waals surface area (Å²) in [6.45, 7) is 1.64. The van der Waals surface area contributed by atoms with Crippen LogP contribution < -0.4 is 10.2 Å². The van der Waals surface area contributed by atoms with E-state index in [1.807, 2.05) is 29.6 Å². The molecule has 1 aliphatic carbocycles. The molecule has 1 atom stereocenters. The average Bonchev–Trinajstić information content (AvgIpc) is 3.21. The molecule has 2 aromatic rings. The lowest BCUT2D eigenvalue weighted by atomic mass is 9.81. The molecule has 0 bridgehead atoms. The second kappa shape index (κ2) is 9.80. The Morgan fingerprint density at radius 1 is 1.33 bits per heavy atom. The summed E-state index contributed by atoms with van der Waals surface area (Å²) in [6.07, 6.45) is 5.63. The van der Waals surface area contributed by atoms with Gasteiger partial charge >= 0.3 is 0 Å². The van der Waals surface area contributed by atoms with E-state index in [2.05, 4.69) is 10.5 Å². The molecule has 1 radical (unpaired) electrons. The number of thiazole rings is 1. The third-order valence-corrected chi connectivity index (χ3v) is 5.33. The highest BCUT2D eigenvalue weighted by atomic mass is 32.1. The number of hydrogen-bond donors (Lipinski definition) is 1. The second-order valence-electron chi connectivity index (χ2n) is 6.66. The van der Waals surface area contributed by atoms with Crippen molar-refractivity contribution in [1.82, 2.24) is 15.7 Å². The second-order valence-corrected chi connectivity index (χ2v) is 7.38. The first-order chi connectivity index (χ1) is 13.1. The monoisotopic (exact) mass is 390 g/mol. The van der Waals surface area contributed by atoms with E-state index < -0.39 is 5.91 Å². The molecular weight excluding hydrogens is 366 g/mol. The predicted molar refractivity (Wildman–Crippen MR) is 99.7 cm³/mol. The van der Waals surface area contributed by atoms with Gasteiger partial charge in [0.25, 0.3) is 5.91 Å². The zero-order valence-electron chi connectivity index (χ0n) is 15.3. The van der Waals surface area contributed by atoms with E-state index in [4.69, 9.17) is 9.68 Å². The summed E-state index contributed by atoms with van der Waals surface area (Å²) in [5, 5.41) is 11.6. The van der Waals surface area contributed by atoms with Crippen LogP contribution >= 0.6 is 11.3 Å². The summed E-state index contributed by atoms with van der Waals surface area (Å²) < 4.78 is 5.75. The van der Waals surface area contributed by atoms with Crippen LogP contribution in [-0.2, 0) is 16.3 Å². The number of nitrogens with zero attached hydrogens (tertiary/aromatic N) is 3. The van der Waals surface area contributed by atoms with Gasteiger partial charge in [0.05, 0.1) is 17.2 Å². The molecule has 27 heavy (non-hydrogen) atoms. The van der Waals surface area contributed by atoms with Crippen LogP contribution in [-0.4, -0.2) is 21.3 Å². The minimum absolute atomic E-state index is 0.168. The standard InChI is InChI=1S/C19H24N3O4S/c1-14(23)22(24)26-21-19(15-5-3-2-4-6-15)16-7-9-18(10-8-16)25-11-17-12-27-13-20-17/h7-10,12-13,15,19,24H,2-6,11H2,1H3. The molecule has 1 amide bonds. The zero-order valence-corrected chi connectivity index (χ0v) is 16.1. The third kappa shape index (κ3) is 5.74. The van der Waals surface area contributed by atoms with Crippen molar-refractivity contribution in [3.05, 3.63) is 46.4 Å². The van der Waals surface area contributed by atoms with E-state index in [-0.39, 0.29) is 11.3 Å². The van der Waals surface area contributed by atoms with E-state index >= 15 is 0 Å². The fourth-order valence-electron chi connectivity index (χ4n) is 3.25. The molecule has 1 aromatic carbocycles. The summed E-state index contributed by atoms with van der Waals surface area (Å²) in [6, 6.07) is 7.46. The molecule has 0 saturated heterocycles. The first-order valence-corrected chi connectivity index (χ1v) is 10.0. The first kappa shape index (κ1) is 19.8. The largest absolute Gasteiger partial charge is 0.487 e. The molecular formula is C19H24N3O4S. The van der Waals surface area contributed by atoms with Crippen LogP contribution in [0.25, 0.3) is 0 Å². The molecule has 1 fully saturated rings. The number of benzene rings is 1. The molecule has 1 heterocycles. The van der Waals surface area contributed by atoms with Crippen molar-refractivity contribution >= 4 is 17.2 Å².